The Morgan fingerprint density at radius 1 is 1.54 bits per heavy atom. The summed E-state index contributed by atoms with van der Waals surface area (Å²) in [5, 5.41) is 17.2. The fraction of sp³-hybridized carbons (Fsp3) is 0.889. The van der Waals surface area contributed by atoms with Crippen molar-refractivity contribution in [2.24, 2.45) is 0 Å². The largest absolute Gasteiger partial charge is 0.481 e. The molecule has 78 valence electrons. The standard InChI is InChI=1S/C9H19NO3/c1-3-10(6-7-11)8(2)4-5-9(12)13/h8,11H,3-7H2,1-2H3,(H,12,13). The van der Waals surface area contributed by atoms with Crippen molar-refractivity contribution in [3.63, 3.8) is 0 Å². The molecule has 0 aromatic heterocycles. The summed E-state index contributed by atoms with van der Waals surface area (Å²) < 4.78 is 0. The van der Waals surface area contributed by atoms with Gasteiger partial charge in [0, 0.05) is 19.0 Å². The van der Waals surface area contributed by atoms with Crippen LogP contribution in [-0.4, -0.2) is 46.8 Å². The van der Waals surface area contributed by atoms with Crippen LogP contribution < -0.4 is 0 Å². The van der Waals surface area contributed by atoms with Crippen LogP contribution >= 0.6 is 0 Å². The number of nitrogens with zero attached hydrogens (tertiary/aromatic N) is 1. The van der Waals surface area contributed by atoms with Crippen molar-refractivity contribution in [2.75, 3.05) is 19.7 Å². The van der Waals surface area contributed by atoms with E-state index in [0.29, 0.717) is 13.0 Å². The number of hydrogen-bond acceptors (Lipinski definition) is 3. The van der Waals surface area contributed by atoms with Gasteiger partial charge in [0.05, 0.1) is 6.61 Å². The van der Waals surface area contributed by atoms with E-state index in [2.05, 4.69) is 4.90 Å². The quantitative estimate of drug-likeness (QED) is 0.614. The molecule has 0 aromatic carbocycles. The Morgan fingerprint density at radius 2 is 2.15 bits per heavy atom. The van der Waals surface area contributed by atoms with E-state index >= 15 is 0 Å². The molecular weight excluding hydrogens is 170 g/mol. The number of carbonyl (C=O) groups is 1. The molecule has 0 fully saturated rings. The van der Waals surface area contributed by atoms with Crippen molar-refractivity contribution in [1.29, 1.82) is 0 Å². The molecule has 2 N–H and O–H groups in total. The van der Waals surface area contributed by atoms with Gasteiger partial charge in [-0.2, -0.15) is 0 Å². The maximum absolute atomic E-state index is 10.3. The lowest BCUT2D eigenvalue weighted by Crippen LogP contribution is -2.35. The molecule has 0 aromatic rings. The van der Waals surface area contributed by atoms with Crippen LogP contribution in [0.4, 0.5) is 0 Å². The first-order valence-electron chi connectivity index (χ1n) is 4.68. The van der Waals surface area contributed by atoms with Gasteiger partial charge in [0.2, 0.25) is 0 Å². The lowest BCUT2D eigenvalue weighted by atomic mass is 10.1. The SMILES string of the molecule is CCN(CCO)C(C)CCC(=O)O. The monoisotopic (exact) mass is 189 g/mol. The molecule has 0 bridgehead atoms. The number of rotatable bonds is 7. The van der Waals surface area contributed by atoms with Gasteiger partial charge in [-0.3, -0.25) is 9.69 Å². The summed E-state index contributed by atoms with van der Waals surface area (Å²) in [7, 11) is 0. The van der Waals surface area contributed by atoms with Crippen LogP contribution in [-0.2, 0) is 4.79 Å². The van der Waals surface area contributed by atoms with E-state index in [1.54, 1.807) is 0 Å². The average molecular weight is 189 g/mol. The zero-order valence-corrected chi connectivity index (χ0v) is 8.36. The van der Waals surface area contributed by atoms with Gasteiger partial charge in [0.25, 0.3) is 0 Å². The summed E-state index contributed by atoms with van der Waals surface area (Å²) in [6.45, 7) is 5.60. The summed E-state index contributed by atoms with van der Waals surface area (Å²) in [5.74, 6) is -0.757. The number of aliphatic carboxylic acids is 1. The fourth-order valence-electron chi connectivity index (χ4n) is 1.33. The van der Waals surface area contributed by atoms with Gasteiger partial charge >= 0.3 is 5.97 Å². The lowest BCUT2D eigenvalue weighted by molar-refractivity contribution is -0.137. The van der Waals surface area contributed by atoms with Crippen LogP contribution in [0.25, 0.3) is 0 Å². The van der Waals surface area contributed by atoms with Gasteiger partial charge < -0.3 is 10.2 Å². The second kappa shape index (κ2) is 6.86. The van der Waals surface area contributed by atoms with E-state index in [9.17, 15) is 4.79 Å². The molecule has 1 atom stereocenters. The topological polar surface area (TPSA) is 60.8 Å². The summed E-state index contributed by atoms with van der Waals surface area (Å²) in [6, 6.07) is 0.230. The van der Waals surface area contributed by atoms with Gasteiger partial charge in [-0.1, -0.05) is 6.92 Å². The molecule has 0 rings (SSSR count). The normalized spacial score (nSPS) is 13.2. The first kappa shape index (κ1) is 12.4. The zero-order chi connectivity index (χ0) is 10.3. The highest BCUT2D eigenvalue weighted by atomic mass is 16.4. The van der Waals surface area contributed by atoms with Crippen molar-refractivity contribution in [3.05, 3.63) is 0 Å². The number of likely N-dealkylation sites (N-methyl/N-ethyl adjacent to an activating group) is 1. The summed E-state index contributed by atoms with van der Waals surface area (Å²) in [6.07, 6.45) is 0.840. The smallest absolute Gasteiger partial charge is 0.303 e. The van der Waals surface area contributed by atoms with E-state index in [4.69, 9.17) is 10.2 Å². The van der Waals surface area contributed by atoms with E-state index in [1.807, 2.05) is 13.8 Å². The van der Waals surface area contributed by atoms with Crippen LogP contribution in [0.5, 0.6) is 0 Å². The van der Waals surface area contributed by atoms with E-state index in [0.717, 1.165) is 6.54 Å². The van der Waals surface area contributed by atoms with Crippen molar-refractivity contribution < 1.29 is 15.0 Å². The Balaban J connectivity index is 3.76. The first-order valence-corrected chi connectivity index (χ1v) is 4.68. The predicted molar refractivity (Wildman–Crippen MR) is 50.7 cm³/mol. The maximum atomic E-state index is 10.3. The third kappa shape index (κ3) is 5.60. The van der Waals surface area contributed by atoms with Crippen LogP contribution in [0, 0.1) is 0 Å². The predicted octanol–water partition coefficient (Wildman–Crippen LogP) is 0.554. The highest BCUT2D eigenvalue weighted by Crippen LogP contribution is 2.05. The molecule has 13 heavy (non-hydrogen) atoms. The van der Waals surface area contributed by atoms with Crippen molar-refractivity contribution in [2.45, 2.75) is 32.7 Å². The molecule has 0 radical (unpaired) electrons. The Morgan fingerprint density at radius 3 is 2.54 bits per heavy atom. The third-order valence-electron chi connectivity index (χ3n) is 2.19. The molecular formula is C9H19NO3. The average Bonchev–Trinajstić information content (AvgIpc) is 2.10. The summed E-state index contributed by atoms with van der Waals surface area (Å²) >= 11 is 0. The van der Waals surface area contributed by atoms with Crippen LogP contribution in [0.1, 0.15) is 26.7 Å². The van der Waals surface area contributed by atoms with Crippen molar-refractivity contribution >= 4 is 5.97 Å². The Kier molecular flexibility index (Phi) is 6.54. The molecule has 0 aliphatic heterocycles. The molecule has 4 heteroatoms. The second-order valence-corrected chi connectivity index (χ2v) is 3.13. The van der Waals surface area contributed by atoms with E-state index < -0.39 is 5.97 Å². The van der Waals surface area contributed by atoms with Crippen LogP contribution in [0.2, 0.25) is 0 Å². The zero-order valence-electron chi connectivity index (χ0n) is 8.36. The van der Waals surface area contributed by atoms with Crippen molar-refractivity contribution in [1.82, 2.24) is 4.90 Å². The molecule has 0 spiro atoms. The minimum absolute atomic E-state index is 0.130. The third-order valence-corrected chi connectivity index (χ3v) is 2.19. The van der Waals surface area contributed by atoms with E-state index in [-0.39, 0.29) is 19.1 Å². The lowest BCUT2D eigenvalue weighted by Gasteiger charge is -2.26. The van der Waals surface area contributed by atoms with Crippen LogP contribution in [0.15, 0.2) is 0 Å². The number of carboxylic acid groups (broad SMARTS) is 1. The minimum atomic E-state index is -0.757. The Bertz CT molecular complexity index is 150. The van der Waals surface area contributed by atoms with Gasteiger partial charge in [0.1, 0.15) is 0 Å². The van der Waals surface area contributed by atoms with Gasteiger partial charge in [0.15, 0.2) is 0 Å². The number of hydrogen-bond donors (Lipinski definition) is 2. The molecule has 4 nitrogen and oxygen atoms in total. The minimum Gasteiger partial charge on any atom is -0.481 e. The van der Waals surface area contributed by atoms with Gasteiger partial charge in [-0.05, 0) is 19.9 Å². The molecule has 0 saturated heterocycles. The molecule has 0 amide bonds. The highest BCUT2D eigenvalue weighted by Gasteiger charge is 2.12. The molecule has 0 aliphatic carbocycles. The highest BCUT2D eigenvalue weighted by molar-refractivity contribution is 5.66. The van der Waals surface area contributed by atoms with Crippen molar-refractivity contribution in [3.8, 4) is 0 Å². The Hall–Kier alpha value is -0.610. The van der Waals surface area contributed by atoms with Gasteiger partial charge in [-0.25, -0.2) is 0 Å². The molecule has 0 aliphatic rings. The molecule has 1 unspecified atom stereocenters. The molecule has 0 saturated carbocycles. The second-order valence-electron chi connectivity index (χ2n) is 3.13. The van der Waals surface area contributed by atoms with Crippen LogP contribution in [0.3, 0.4) is 0 Å². The number of aliphatic hydroxyl groups excluding tert-OH is 1. The van der Waals surface area contributed by atoms with Gasteiger partial charge in [-0.15, -0.1) is 0 Å². The van der Waals surface area contributed by atoms with E-state index in [1.165, 1.54) is 0 Å². The number of carboxylic acids is 1. The maximum Gasteiger partial charge on any atom is 0.303 e. The summed E-state index contributed by atoms with van der Waals surface area (Å²) in [5.41, 5.74) is 0. The fourth-order valence-corrected chi connectivity index (χ4v) is 1.33. The summed E-state index contributed by atoms with van der Waals surface area (Å²) in [4.78, 5) is 12.4. The number of aliphatic hydroxyl groups is 1. The first-order chi connectivity index (χ1) is 6.11. The Labute approximate surface area is 79.2 Å². The molecule has 0 heterocycles.